The van der Waals surface area contributed by atoms with Gasteiger partial charge in [-0.25, -0.2) is 4.98 Å². The standard InChI is InChI=1S/C15H18N2OS/c1-11(16-6-4-14-9-19-10-17-14)12-2-3-15-13(8-12)5-7-18-15/h2-3,8-11,16H,4-7H2,1H3. The Kier molecular flexibility index (Phi) is 3.80. The molecular formula is C15H18N2OS. The summed E-state index contributed by atoms with van der Waals surface area (Å²) in [5.41, 5.74) is 5.74. The van der Waals surface area contributed by atoms with Crippen LogP contribution < -0.4 is 10.1 Å². The first kappa shape index (κ1) is 12.6. The molecule has 0 amide bonds. The Hall–Kier alpha value is -1.39. The van der Waals surface area contributed by atoms with Crippen LogP contribution in [-0.2, 0) is 12.8 Å². The van der Waals surface area contributed by atoms with Crippen LogP contribution in [0.4, 0.5) is 0 Å². The summed E-state index contributed by atoms with van der Waals surface area (Å²) in [4.78, 5) is 4.30. The number of rotatable bonds is 5. The van der Waals surface area contributed by atoms with Crippen LogP contribution in [0.15, 0.2) is 29.1 Å². The molecule has 4 heteroatoms. The highest BCUT2D eigenvalue weighted by atomic mass is 32.1. The molecule has 0 aliphatic carbocycles. The zero-order valence-corrected chi connectivity index (χ0v) is 11.9. The minimum atomic E-state index is 0.365. The van der Waals surface area contributed by atoms with Crippen LogP contribution in [0.25, 0.3) is 0 Å². The van der Waals surface area contributed by atoms with Crippen molar-refractivity contribution in [1.29, 1.82) is 0 Å². The summed E-state index contributed by atoms with van der Waals surface area (Å²) in [6.45, 7) is 3.99. The Labute approximate surface area is 117 Å². The van der Waals surface area contributed by atoms with Gasteiger partial charge in [-0.05, 0) is 24.1 Å². The second-order valence-corrected chi connectivity index (χ2v) is 5.59. The van der Waals surface area contributed by atoms with Gasteiger partial charge in [0.2, 0.25) is 0 Å². The van der Waals surface area contributed by atoms with Gasteiger partial charge in [0.15, 0.2) is 0 Å². The van der Waals surface area contributed by atoms with Crippen molar-refractivity contribution < 1.29 is 4.74 Å². The summed E-state index contributed by atoms with van der Waals surface area (Å²) in [6, 6.07) is 6.88. The van der Waals surface area contributed by atoms with Gasteiger partial charge in [0.25, 0.3) is 0 Å². The predicted molar refractivity (Wildman–Crippen MR) is 77.9 cm³/mol. The lowest BCUT2D eigenvalue weighted by atomic mass is 10.0. The van der Waals surface area contributed by atoms with Crippen molar-refractivity contribution in [3.05, 3.63) is 45.9 Å². The molecule has 3 nitrogen and oxygen atoms in total. The minimum absolute atomic E-state index is 0.365. The first-order chi connectivity index (χ1) is 9.33. The molecule has 0 saturated heterocycles. The lowest BCUT2D eigenvalue weighted by Gasteiger charge is -2.14. The second kappa shape index (κ2) is 5.72. The van der Waals surface area contributed by atoms with E-state index in [1.807, 2.05) is 5.51 Å². The van der Waals surface area contributed by atoms with E-state index < -0.39 is 0 Å². The summed E-state index contributed by atoms with van der Waals surface area (Å²) in [6.07, 6.45) is 2.02. The molecule has 1 unspecified atom stereocenters. The number of aromatic nitrogens is 1. The number of fused-ring (bicyclic) bond motifs is 1. The van der Waals surface area contributed by atoms with E-state index in [1.165, 1.54) is 16.8 Å². The maximum atomic E-state index is 5.54. The number of hydrogen-bond donors (Lipinski definition) is 1. The van der Waals surface area contributed by atoms with Gasteiger partial charge in [-0.15, -0.1) is 11.3 Å². The van der Waals surface area contributed by atoms with Crippen LogP contribution in [0.3, 0.4) is 0 Å². The molecule has 0 saturated carbocycles. The minimum Gasteiger partial charge on any atom is -0.493 e. The fourth-order valence-electron chi connectivity index (χ4n) is 2.37. The smallest absolute Gasteiger partial charge is 0.122 e. The van der Waals surface area contributed by atoms with Crippen molar-refractivity contribution in [3.8, 4) is 5.75 Å². The third-order valence-corrected chi connectivity index (χ3v) is 4.16. The van der Waals surface area contributed by atoms with Crippen molar-refractivity contribution in [1.82, 2.24) is 10.3 Å². The Balaban J connectivity index is 1.56. The number of ether oxygens (including phenoxy) is 1. The maximum Gasteiger partial charge on any atom is 0.122 e. The van der Waals surface area contributed by atoms with Crippen LogP contribution >= 0.6 is 11.3 Å². The highest BCUT2D eigenvalue weighted by Gasteiger charge is 2.14. The lowest BCUT2D eigenvalue weighted by molar-refractivity contribution is 0.356. The van der Waals surface area contributed by atoms with Crippen LogP contribution in [0.5, 0.6) is 5.75 Å². The molecule has 1 aliphatic rings. The van der Waals surface area contributed by atoms with Crippen molar-refractivity contribution in [2.45, 2.75) is 25.8 Å². The molecule has 0 radical (unpaired) electrons. The Morgan fingerprint density at radius 1 is 1.47 bits per heavy atom. The molecule has 0 fully saturated rings. The topological polar surface area (TPSA) is 34.2 Å². The molecule has 1 aromatic carbocycles. The number of hydrogen-bond acceptors (Lipinski definition) is 4. The molecule has 3 rings (SSSR count). The van der Waals surface area contributed by atoms with E-state index in [0.29, 0.717) is 6.04 Å². The average Bonchev–Trinajstić information content (AvgIpc) is 3.08. The summed E-state index contributed by atoms with van der Waals surface area (Å²) < 4.78 is 5.54. The third kappa shape index (κ3) is 2.96. The zero-order chi connectivity index (χ0) is 13.1. The quantitative estimate of drug-likeness (QED) is 0.910. The van der Waals surface area contributed by atoms with Gasteiger partial charge < -0.3 is 10.1 Å². The number of benzene rings is 1. The van der Waals surface area contributed by atoms with Gasteiger partial charge in [-0.2, -0.15) is 0 Å². The summed E-state index contributed by atoms with van der Waals surface area (Å²) in [5, 5.41) is 5.66. The molecule has 19 heavy (non-hydrogen) atoms. The number of nitrogens with zero attached hydrogens (tertiary/aromatic N) is 1. The number of thiazole rings is 1. The van der Waals surface area contributed by atoms with Crippen molar-refractivity contribution in [3.63, 3.8) is 0 Å². The number of nitrogens with one attached hydrogen (secondary N) is 1. The summed E-state index contributed by atoms with van der Waals surface area (Å²) >= 11 is 1.66. The van der Waals surface area contributed by atoms with E-state index in [1.54, 1.807) is 11.3 Å². The normalized spacial score (nSPS) is 15.0. The van der Waals surface area contributed by atoms with E-state index in [-0.39, 0.29) is 0 Å². The average molecular weight is 274 g/mol. The predicted octanol–water partition coefficient (Wildman–Crippen LogP) is 2.97. The van der Waals surface area contributed by atoms with Crippen LogP contribution in [-0.4, -0.2) is 18.1 Å². The molecular weight excluding hydrogens is 256 g/mol. The van der Waals surface area contributed by atoms with Crippen molar-refractivity contribution in [2.75, 3.05) is 13.2 Å². The highest BCUT2D eigenvalue weighted by Crippen LogP contribution is 2.28. The lowest BCUT2D eigenvalue weighted by Crippen LogP contribution is -2.21. The molecule has 1 atom stereocenters. The SMILES string of the molecule is CC(NCCc1cscn1)c1ccc2c(c1)CCO2. The highest BCUT2D eigenvalue weighted by molar-refractivity contribution is 7.07. The Morgan fingerprint density at radius 2 is 2.42 bits per heavy atom. The molecule has 0 bridgehead atoms. The summed E-state index contributed by atoms with van der Waals surface area (Å²) in [5.74, 6) is 1.05. The van der Waals surface area contributed by atoms with Gasteiger partial charge in [0.1, 0.15) is 5.75 Å². The van der Waals surface area contributed by atoms with Gasteiger partial charge >= 0.3 is 0 Å². The Bertz CT molecular complexity index is 539. The molecule has 1 aromatic heterocycles. The maximum absolute atomic E-state index is 5.54. The van der Waals surface area contributed by atoms with E-state index >= 15 is 0 Å². The van der Waals surface area contributed by atoms with E-state index in [0.717, 1.165) is 31.7 Å². The molecule has 100 valence electrons. The Morgan fingerprint density at radius 3 is 3.26 bits per heavy atom. The molecule has 2 heterocycles. The van der Waals surface area contributed by atoms with E-state index in [9.17, 15) is 0 Å². The zero-order valence-electron chi connectivity index (χ0n) is 11.1. The van der Waals surface area contributed by atoms with Crippen LogP contribution in [0.2, 0.25) is 0 Å². The molecule has 2 aromatic rings. The first-order valence-electron chi connectivity index (χ1n) is 6.69. The van der Waals surface area contributed by atoms with Gasteiger partial charge in [0.05, 0.1) is 17.8 Å². The van der Waals surface area contributed by atoms with Gasteiger partial charge in [-0.1, -0.05) is 12.1 Å². The second-order valence-electron chi connectivity index (χ2n) is 4.87. The largest absolute Gasteiger partial charge is 0.493 e. The van der Waals surface area contributed by atoms with Crippen LogP contribution in [0.1, 0.15) is 29.8 Å². The molecule has 0 spiro atoms. The van der Waals surface area contributed by atoms with E-state index in [2.05, 4.69) is 40.8 Å². The fraction of sp³-hybridized carbons (Fsp3) is 0.400. The monoisotopic (exact) mass is 274 g/mol. The van der Waals surface area contributed by atoms with Gasteiger partial charge in [-0.3, -0.25) is 0 Å². The van der Waals surface area contributed by atoms with Crippen LogP contribution in [0, 0.1) is 0 Å². The molecule has 1 aliphatic heterocycles. The third-order valence-electron chi connectivity index (χ3n) is 3.53. The van der Waals surface area contributed by atoms with Crippen molar-refractivity contribution >= 4 is 11.3 Å². The van der Waals surface area contributed by atoms with Gasteiger partial charge in [0, 0.05) is 30.8 Å². The van der Waals surface area contributed by atoms with E-state index in [4.69, 9.17) is 4.74 Å². The fourth-order valence-corrected chi connectivity index (χ4v) is 2.96. The molecule has 1 N–H and O–H groups in total. The van der Waals surface area contributed by atoms with Crippen molar-refractivity contribution in [2.24, 2.45) is 0 Å². The first-order valence-corrected chi connectivity index (χ1v) is 7.63. The summed E-state index contributed by atoms with van der Waals surface area (Å²) in [7, 11) is 0.